The molecule has 0 aliphatic carbocycles. The Bertz CT molecular complexity index is 298. The van der Waals surface area contributed by atoms with Gasteiger partial charge in [0, 0.05) is 13.7 Å². The second kappa shape index (κ2) is 6.04. The van der Waals surface area contributed by atoms with Crippen molar-refractivity contribution in [2.75, 3.05) is 13.7 Å². The molecule has 0 radical (unpaired) electrons. The highest BCUT2D eigenvalue weighted by molar-refractivity contribution is 7.90. The van der Waals surface area contributed by atoms with E-state index in [0.717, 1.165) is 0 Å². The number of hydrogen-bond donors (Lipinski definition) is 2. The highest BCUT2D eigenvalue weighted by Gasteiger charge is 2.19. The van der Waals surface area contributed by atoms with Gasteiger partial charge >= 0.3 is 5.97 Å². The number of nitrogens with one attached hydrogen (secondary N) is 1. The number of carboxylic acid groups (broad SMARTS) is 1. The lowest BCUT2D eigenvalue weighted by Gasteiger charge is -2.15. The molecule has 0 fully saturated rings. The van der Waals surface area contributed by atoms with E-state index < -0.39 is 27.3 Å². The SMILES string of the molecule is COC(CNS(=O)(=O)C(C)C)CC(=O)O. The summed E-state index contributed by atoms with van der Waals surface area (Å²) in [4.78, 5) is 10.4. The summed E-state index contributed by atoms with van der Waals surface area (Å²) in [5.41, 5.74) is 0. The van der Waals surface area contributed by atoms with Gasteiger partial charge in [-0.15, -0.1) is 0 Å². The van der Waals surface area contributed by atoms with Crippen LogP contribution in [0.4, 0.5) is 0 Å². The lowest BCUT2D eigenvalue weighted by molar-refractivity contribution is -0.139. The van der Waals surface area contributed by atoms with Crippen molar-refractivity contribution in [1.29, 1.82) is 0 Å². The Hall–Kier alpha value is -0.660. The molecule has 7 heteroatoms. The predicted molar refractivity (Wildman–Crippen MR) is 55.1 cm³/mol. The van der Waals surface area contributed by atoms with Crippen molar-refractivity contribution in [2.45, 2.75) is 31.6 Å². The molecule has 0 bridgehead atoms. The zero-order valence-corrected chi connectivity index (χ0v) is 9.87. The summed E-state index contributed by atoms with van der Waals surface area (Å²) in [5.74, 6) is -1.02. The predicted octanol–water partition coefficient (Wildman–Crippen LogP) is -0.196. The van der Waals surface area contributed by atoms with Gasteiger partial charge < -0.3 is 9.84 Å². The van der Waals surface area contributed by atoms with E-state index >= 15 is 0 Å². The highest BCUT2D eigenvalue weighted by Crippen LogP contribution is 2.00. The number of rotatable bonds is 7. The van der Waals surface area contributed by atoms with Crippen LogP contribution in [0.1, 0.15) is 20.3 Å². The monoisotopic (exact) mass is 239 g/mol. The average Bonchev–Trinajstić information content (AvgIpc) is 2.11. The van der Waals surface area contributed by atoms with Crippen LogP contribution in [-0.2, 0) is 19.6 Å². The molecule has 0 rings (SSSR count). The van der Waals surface area contributed by atoms with Crippen LogP contribution < -0.4 is 4.72 Å². The van der Waals surface area contributed by atoms with Gasteiger partial charge in [0.15, 0.2) is 0 Å². The Labute approximate surface area is 89.7 Å². The summed E-state index contributed by atoms with van der Waals surface area (Å²) in [5, 5.41) is 7.95. The first-order valence-corrected chi connectivity index (χ1v) is 6.07. The van der Waals surface area contributed by atoms with Crippen molar-refractivity contribution in [3.63, 3.8) is 0 Å². The molecule has 0 heterocycles. The molecule has 0 aromatic heterocycles. The molecule has 0 aliphatic rings. The summed E-state index contributed by atoms with van der Waals surface area (Å²) < 4.78 is 29.8. The summed E-state index contributed by atoms with van der Waals surface area (Å²) in [6, 6.07) is 0. The zero-order chi connectivity index (χ0) is 12.1. The average molecular weight is 239 g/mol. The third-order valence-electron chi connectivity index (χ3n) is 1.87. The smallest absolute Gasteiger partial charge is 0.306 e. The largest absolute Gasteiger partial charge is 0.481 e. The van der Waals surface area contributed by atoms with Crippen LogP contribution in [-0.4, -0.2) is 44.5 Å². The molecule has 1 atom stereocenters. The second-order valence-corrected chi connectivity index (χ2v) is 5.72. The number of hydrogen-bond acceptors (Lipinski definition) is 4. The van der Waals surface area contributed by atoms with Gasteiger partial charge in [-0.3, -0.25) is 4.79 Å². The van der Waals surface area contributed by atoms with Crippen LogP contribution in [0.5, 0.6) is 0 Å². The first-order chi connectivity index (χ1) is 6.79. The quantitative estimate of drug-likeness (QED) is 0.642. The number of carboxylic acids is 1. The number of aliphatic carboxylic acids is 1. The maximum atomic E-state index is 11.3. The highest BCUT2D eigenvalue weighted by atomic mass is 32.2. The Kier molecular flexibility index (Phi) is 5.77. The Morgan fingerprint density at radius 2 is 2.00 bits per heavy atom. The first kappa shape index (κ1) is 14.3. The molecule has 0 aromatic rings. The minimum absolute atomic E-state index is 0.0245. The van der Waals surface area contributed by atoms with Gasteiger partial charge in [-0.2, -0.15) is 0 Å². The molecular formula is C8H17NO5S. The van der Waals surface area contributed by atoms with Crippen molar-refractivity contribution in [3.8, 4) is 0 Å². The first-order valence-electron chi connectivity index (χ1n) is 4.52. The van der Waals surface area contributed by atoms with Crippen molar-refractivity contribution < 1.29 is 23.1 Å². The maximum Gasteiger partial charge on any atom is 0.306 e. The maximum absolute atomic E-state index is 11.3. The third kappa shape index (κ3) is 5.71. The molecule has 15 heavy (non-hydrogen) atoms. The van der Waals surface area contributed by atoms with Crippen molar-refractivity contribution in [3.05, 3.63) is 0 Å². The Morgan fingerprint density at radius 3 is 2.33 bits per heavy atom. The minimum Gasteiger partial charge on any atom is -0.481 e. The Balaban J connectivity index is 4.18. The van der Waals surface area contributed by atoms with Crippen LogP contribution in [0.25, 0.3) is 0 Å². The fourth-order valence-corrected chi connectivity index (χ4v) is 1.56. The van der Waals surface area contributed by atoms with E-state index in [9.17, 15) is 13.2 Å². The van der Waals surface area contributed by atoms with E-state index in [1.54, 1.807) is 13.8 Å². The summed E-state index contributed by atoms with van der Waals surface area (Å²) in [6.45, 7) is 3.06. The number of methoxy groups -OCH3 is 1. The summed E-state index contributed by atoms with van der Waals surface area (Å²) >= 11 is 0. The normalized spacial score (nSPS) is 14.1. The van der Waals surface area contributed by atoms with Gasteiger partial charge in [-0.1, -0.05) is 0 Å². The molecule has 0 aromatic carbocycles. The number of sulfonamides is 1. The van der Waals surface area contributed by atoms with Gasteiger partial charge in [-0.05, 0) is 13.8 Å². The summed E-state index contributed by atoms with van der Waals surface area (Å²) in [6.07, 6.45) is -0.868. The lowest BCUT2D eigenvalue weighted by atomic mass is 10.2. The van der Waals surface area contributed by atoms with Crippen LogP contribution in [0.3, 0.4) is 0 Å². The van der Waals surface area contributed by atoms with Gasteiger partial charge in [-0.25, -0.2) is 13.1 Å². The van der Waals surface area contributed by atoms with Crippen LogP contribution >= 0.6 is 0 Å². The third-order valence-corrected chi connectivity index (χ3v) is 3.68. The van der Waals surface area contributed by atoms with Gasteiger partial charge in [0.05, 0.1) is 17.8 Å². The molecule has 6 nitrogen and oxygen atoms in total. The van der Waals surface area contributed by atoms with E-state index in [1.807, 2.05) is 0 Å². The lowest BCUT2D eigenvalue weighted by Crippen LogP contribution is -2.38. The topological polar surface area (TPSA) is 92.7 Å². The fraction of sp³-hybridized carbons (Fsp3) is 0.875. The van der Waals surface area contributed by atoms with Gasteiger partial charge in [0.25, 0.3) is 0 Å². The molecule has 0 spiro atoms. The second-order valence-electron chi connectivity index (χ2n) is 3.40. The minimum atomic E-state index is -3.36. The van der Waals surface area contributed by atoms with E-state index in [4.69, 9.17) is 9.84 Å². The molecule has 0 saturated carbocycles. The molecule has 2 N–H and O–H groups in total. The van der Waals surface area contributed by atoms with Crippen LogP contribution in [0.2, 0.25) is 0 Å². The van der Waals surface area contributed by atoms with Crippen LogP contribution in [0, 0.1) is 0 Å². The summed E-state index contributed by atoms with van der Waals surface area (Å²) in [7, 11) is -2.02. The molecule has 0 aliphatic heterocycles. The van der Waals surface area contributed by atoms with Crippen LogP contribution in [0.15, 0.2) is 0 Å². The molecule has 1 unspecified atom stereocenters. The van der Waals surface area contributed by atoms with E-state index in [0.29, 0.717) is 0 Å². The van der Waals surface area contributed by atoms with Crippen molar-refractivity contribution in [2.24, 2.45) is 0 Å². The number of carbonyl (C=O) groups is 1. The van der Waals surface area contributed by atoms with E-state index in [-0.39, 0.29) is 13.0 Å². The van der Waals surface area contributed by atoms with Crippen molar-refractivity contribution >= 4 is 16.0 Å². The number of ether oxygens (including phenoxy) is 1. The standard InChI is InChI=1S/C8H17NO5S/c1-6(2)15(12,13)9-5-7(14-3)4-8(10)11/h6-7,9H,4-5H2,1-3H3,(H,10,11). The molecule has 0 amide bonds. The Morgan fingerprint density at radius 1 is 1.47 bits per heavy atom. The van der Waals surface area contributed by atoms with E-state index in [1.165, 1.54) is 7.11 Å². The fourth-order valence-electron chi connectivity index (χ4n) is 0.809. The van der Waals surface area contributed by atoms with Gasteiger partial charge in [0.2, 0.25) is 10.0 Å². The molecule has 0 saturated heterocycles. The van der Waals surface area contributed by atoms with E-state index in [2.05, 4.69) is 4.72 Å². The van der Waals surface area contributed by atoms with Crippen molar-refractivity contribution in [1.82, 2.24) is 4.72 Å². The molecular weight excluding hydrogens is 222 g/mol. The van der Waals surface area contributed by atoms with Gasteiger partial charge in [0.1, 0.15) is 0 Å². The zero-order valence-electron chi connectivity index (χ0n) is 9.06. The molecule has 90 valence electrons.